The number of hydrogen-bond donors (Lipinski definition) is 2. The Morgan fingerprint density at radius 3 is 2.29 bits per heavy atom. The molecular weight excluding hydrogens is 408 g/mol. The molecule has 6 heteroatoms. The number of para-hydroxylation sites is 3. The van der Waals surface area contributed by atoms with Crippen molar-refractivity contribution in [1.82, 2.24) is 5.32 Å². The highest BCUT2D eigenvalue weighted by Crippen LogP contribution is 2.24. The van der Waals surface area contributed by atoms with E-state index in [2.05, 4.69) is 24.5 Å². The minimum atomic E-state index is -0.334. The van der Waals surface area contributed by atoms with Crippen LogP contribution in [0.4, 0.5) is 5.69 Å². The zero-order valence-corrected chi connectivity index (χ0v) is 18.4. The molecule has 0 heterocycles. The summed E-state index contributed by atoms with van der Waals surface area (Å²) in [6, 6.07) is 24.5. The zero-order chi connectivity index (χ0) is 22.1. The topological polar surface area (TPSA) is 59.6 Å². The lowest BCUT2D eigenvalue weighted by Crippen LogP contribution is -2.34. The molecule has 0 bridgehead atoms. The zero-order valence-electron chi connectivity index (χ0n) is 17.6. The molecule has 5 nitrogen and oxygen atoms in total. The second-order valence-electron chi connectivity index (χ2n) is 7.16. The van der Waals surface area contributed by atoms with Gasteiger partial charge in [-0.2, -0.15) is 0 Å². The Bertz CT molecular complexity index is 1020. The first kappa shape index (κ1) is 22.3. The van der Waals surface area contributed by atoms with Crippen LogP contribution in [0.15, 0.2) is 78.9 Å². The molecule has 0 aliphatic heterocycles. The number of thiocarbonyl (C=S) groups is 1. The van der Waals surface area contributed by atoms with Gasteiger partial charge in [0, 0.05) is 5.69 Å². The highest BCUT2D eigenvalue weighted by molar-refractivity contribution is 7.80. The van der Waals surface area contributed by atoms with Gasteiger partial charge in [0.1, 0.15) is 24.7 Å². The van der Waals surface area contributed by atoms with Crippen molar-refractivity contribution in [1.29, 1.82) is 0 Å². The molecule has 1 amide bonds. The lowest BCUT2D eigenvalue weighted by atomic mass is 10.0. The molecule has 3 rings (SSSR count). The summed E-state index contributed by atoms with van der Waals surface area (Å²) in [6.45, 7) is 4.89. The van der Waals surface area contributed by atoms with E-state index in [9.17, 15) is 4.79 Å². The standard InChI is InChI=1S/C25H26N2O3S/c1-18(2)20-12-6-8-14-22(20)26-25(31)27-24(28)21-13-7-9-15-23(21)30-17-16-29-19-10-4-3-5-11-19/h3-15,18H,16-17H2,1-2H3,(H2,26,27,28,31). The predicted molar refractivity (Wildman–Crippen MR) is 128 cm³/mol. The third-order valence-electron chi connectivity index (χ3n) is 4.54. The minimum absolute atomic E-state index is 0.236. The summed E-state index contributed by atoms with van der Waals surface area (Å²) in [5.74, 6) is 1.24. The molecule has 0 spiro atoms. The van der Waals surface area contributed by atoms with Crippen LogP contribution < -0.4 is 20.1 Å². The van der Waals surface area contributed by atoms with Crippen LogP contribution in [0.1, 0.15) is 35.7 Å². The van der Waals surface area contributed by atoms with Gasteiger partial charge in [-0.15, -0.1) is 0 Å². The summed E-state index contributed by atoms with van der Waals surface area (Å²) in [5.41, 5.74) is 2.41. The molecule has 0 aliphatic rings. The average Bonchev–Trinajstić information content (AvgIpc) is 2.78. The molecule has 0 atom stereocenters. The van der Waals surface area contributed by atoms with Gasteiger partial charge in [-0.3, -0.25) is 10.1 Å². The lowest BCUT2D eigenvalue weighted by molar-refractivity contribution is 0.0972. The Labute approximate surface area is 188 Å². The van der Waals surface area contributed by atoms with E-state index < -0.39 is 0 Å². The molecular formula is C25H26N2O3S. The lowest BCUT2D eigenvalue weighted by Gasteiger charge is -2.16. The third-order valence-corrected chi connectivity index (χ3v) is 4.75. The van der Waals surface area contributed by atoms with Gasteiger partial charge in [-0.1, -0.05) is 62.4 Å². The van der Waals surface area contributed by atoms with Crippen LogP contribution in [0.3, 0.4) is 0 Å². The highest BCUT2D eigenvalue weighted by atomic mass is 32.1. The molecule has 3 aromatic carbocycles. The van der Waals surface area contributed by atoms with Gasteiger partial charge >= 0.3 is 0 Å². The Morgan fingerprint density at radius 1 is 0.871 bits per heavy atom. The van der Waals surface area contributed by atoms with E-state index in [1.807, 2.05) is 60.7 Å². The summed E-state index contributed by atoms with van der Waals surface area (Å²) < 4.78 is 11.4. The molecule has 31 heavy (non-hydrogen) atoms. The van der Waals surface area contributed by atoms with Crippen LogP contribution in [0.2, 0.25) is 0 Å². The second-order valence-corrected chi connectivity index (χ2v) is 7.56. The van der Waals surface area contributed by atoms with Crippen molar-refractivity contribution in [3.05, 3.63) is 90.0 Å². The van der Waals surface area contributed by atoms with Crippen molar-refractivity contribution in [3.8, 4) is 11.5 Å². The monoisotopic (exact) mass is 434 g/mol. The maximum atomic E-state index is 12.8. The Morgan fingerprint density at radius 2 is 1.52 bits per heavy atom. The molecule has 0 radical (unpaired) electrons. The van der Waals surface area contributed by atoms with Crippen LogP contribution >= 0.6 is 12.2 Å². The van der Waals surface area contributed by atoms with E-state index in [1.54, 1.807) is 18.2 Å². The molecule has 0 fully saturated rings. The van der Waals surface area contributed by atoms with Gasteiger partial charge in [0.15, 0.2) is 5.11 Å². The second kappa shape index (κ2) is 11.1. The Kier molecular flexibility index (Phi) is 8.01. The molecule has 0 saturated carbocycles. The van der Waals surface area contributed by atoms with Crippen molar-refractivity contribution >= 4 is 28.9 Å². The first-order chi connectivity index (χ1) is 15.0. The maximum absolute atomic E-state index is 12.8. The summed E-state index contributed by atoms with van der Waals surface area (Å²) in [7, 11) is 0. The van der Waals surface area contributed by atoms with E-state index >= 15 is 0 Å². The van der Waals surface area contributed by atoms with Crippen molar-refractivity contribution in [2.75, 3.05) is 18.5 Å². The minimum Gasteiger partial charge on any atom is -0.490 e. The fraction of sp³-hybridized carbons (Fsp3) is 0.200. The van der Waals surface area contributed by atoms with Crippen molar-refractivity contribution in [2.24, 2.45) is 0 Å². The van der Waals surface area contributed by atoms with Gasteiger partial charge < -0.3 is 14.8 Å². The summed E-state index contributed by atoms with van der Waals surface area (Å²) in [5, 5.41) is 6.10. The SMILES string of the molecule is CC(C)c1ccccc1NC(=S)NC(=O)c1ccccc1OCCOc1ccccc1. The van der Waals surface area contributed by atoms with Crippen LogP contribution in [-0.4, -0.2) is 24.2 Å². The van der Waals surface area contributed by atoms with Gasteiger partial charge in [0.2, 0.25) is 0 Å². The molecule has 160 valence electrons. The highest BCUT2D eigenvalue weighted by Gasteiger charge is 2.15. The fourth-order valence-electron chi connectivity index (χ4n) is 3.05. The van der Waals surface area contributed by atoms with Crippen LogP contribution in [-0.2, 0) is 0 Å². The quantitative estimate of drug-likeness (QED) is 0.367. The number of benzene rings is 3. The van der Waals surface area contributed by atoms with E-state index in [4.69, 9.17) is 21.7 Å². The molecule has 0 unspecified atom stereocenters. The Balaban J connectivity index is 1.57. The fourth-order valence-corrected chi connectivity index (χ4v) is 3.25. The number of carbonyl (C=O) groups excluding carboxylic acids is 1. The molecule has 2 N–H and O–H groups in total. The molecule has 3 aromatic rings. The number of carbonyl (C=O) groups is 1. The van der Waals surface area contributed by atoms with Gasteiger partial charge in [0.25, 0.3) is 5.91 Å². The van der Waals surface area contributed by atoms with Crippen LogP contribution in [0.25, 0.3) is 0 Å². The normalized spacial score (nSPS) is 10.4. The number of rotatable bonds is 8. The molecule has 0 saturated heterocycles. The van der Waals surface area contributed by atoms with E-state index in [0.29, 0.717) is 30.4 Å². The molecule has 0 aliphatic carbocycles. The van der Waals surface area contributed by atoms with Gasteiger partial charge in [0.05, 0.1) is 5.56 Å². The number of hydrogen-bond acceptors (Lipinski definition) is 4. The first-order valence-corrected chi connectivity index (χ1v) is 10.6. The largest absolute Gasteiger partial charge is 0.490 e. The summed E-state index contributed by atoms with van der Waals surface area (Å²) >= 11 is 5.36. The molecule has 0 aromatic heterocycles. The van der Waals surface area contributed by atoms with E-state index in [-0.39, 0.29) is 11.0 Å². The van der Waals surface area contributed by atoms with E-state index in [0.717, 1.165) is 17.0 Å². The van der Waals surface area contributed by atoms with Gasteiger partial charge in [-0.05, 0) is 54.0 Å². The van der Waals surface area contributed by atoms with Crippen molar-refractivity contribution in [3.63, 3.8) is 0 Å². The summed E-state index contributed by atoms with van der Waals surface area (Å²) in [4.78, 5) is 12.8. The number of nitrogens with one attached hydrogen (secondary N) is 2. The van der Waals surface area contributed by atoms with Crippen molar-refractivity contribution in [2.45, 2.75) is 19.8 Å². The maximum Gasteiger partial charge on any atom is 0.261 e. The number of ether oxygens (including phenoxy) is 2. The van der Waals surface area contributed by atoms with Gasteiger partial charge in [-0.25, -0.2) is 0 Å². The average molecular weight is 435 g/mol. The smallest absolute Gasteiger partial charge is 0.261 e. The number of amides is 1. The van der Waals surface area contributed by atoms with E-state index in [1.165, 1.54) is 0 Å². The Hall–Kier alpha value is -3.38. The number of anilines is 1. The van der Waals surface area contributed by atoms with Crippen LogP contribution in [0, 0.1) is 0 Å². The third kappa shape index (κ3) is 6.55. The predicted octanol–water partition coefficient (Wildman–Crippen LogP) is 5.39. The first-order valence-electron chi connectivity index (χ1n) is 10.2. The van der Waals surface area contributed by atoms with Crippen LogP contribution in [0.5, 0.6) is 11.5 Å². The van der Waals surface area contributed by atoms with Crippen molar-refractivity contribution < 1.29 is 14.3 Å². The summed E-state index contributed by atoms with van der Waals surface area (Å²) in [6.07, 6.45) is 0.